The number of aromatic nitrogens is 2. The van der Waals surface area contributed by atoms with Gasteiger partial charge in [-0.3, -0.25) is 14.8 Å². The standard InChI is InChI=1S/C18H22N4O2/c23-18(12-21-15-6-3-8-19-11-15)22-10-4-7-17(13-22)24-14-16-5-1-2-9-20-16/h1-3,5-6,8-9,11,17,21H,4,7,10,12-14H2. The molecular formula is C18H22N4O2. The van der Waals surface area contributed by atoms with Gasteiger partial charge in [0, 0.05) is 31.7 Å². The SMILES string of the molecule is O=C(CNc1cccnc1)N1CCCC(OCc2ccccn2)C1. The zero-order valence-electron chi connectivity index (χ0n) is 13.6. The van der Waals surface area contributed by atoms with Crippen molar-refractivity contribution in [2.24, 2.45) is 0 Å². The van der Waals surface area contributed by atoms with Crippen molar-refractivity contribution in [2.45, 2.75) is 25.6 Å². The number of anilines is 1. The number of hydrogen-bond acceptors (Lipinski definition) is 5. The third-order valence-corrected chi connectivity index (χ3v) is 4.03. The van der Waals surface area contributed by atoms with E-state index in [9.17, 15) is 4.79 Å². The molecule has 0 aliphatic carbocycles. The summed E-state index contributed by atoms with van der Waals surface area (Å²) in [4.78, 5) is 22.5. The van der Waals surface area contributed by atoms with Crippen molar-refractivity contribution in [3.63, 3.8) is 0 Å². The number of likely N-dealkylation sites (tertiary alicyclic amines) is 1. The van der Waals surface area contributed by atoms with E-state index >= 15 is 0 Å². The van der Waals surface area contributed by atoms with Gasteiger partial charge >= 0.3 is 0 Å². The Morgan fingerprint density at radius 3 is 3.04 bits per heavy atom. The maximum Gasteiger partial charge on any atom is 0.241 e. The van der Waals surface area contributed by atoms with Crippen molar-refractivity contribution in [3.8, 4) is 0 Å². The van der Waals surface area contributed by atoms with Crippen LogP contribution >= 0.6 is 0 Å². The molecule has 24 heavy (non-hydrogen) atoms. The molecule has 3 heterocycles. The molecule has 0 saturated carbocycles. The zero-order chi connectivity index (χ0) is 16.6. The van der Waals surface area contributed by atoms with Crippen LogP contribution in [0.3, 0.4) is 0 Å². The quantitative estimate of drug-likeness (QED) is 0.880. The van der Waals surface area contributed by atoms with Crippen LogP contribution in [0.1, 0.15) is 18.5 Å². The predicted octanol–water partition coefficient (Wildman–Crippen LogP) is 2.10. The van der Waals surface area contributed by atoms with Crippen molar-refractivity contribution in [1.29, 1.82) is 0 Å². The Morgan fingerprint density at radius 1 is 1.29 bits per heavy atom. The monoisotopic (exact) mass is 326 g/mol. The van der Waals surface area contributed by atoms with E-state index in [1.54, 1.807) is 18.6 Å². The van der Waals surface area contributed by atoms with Gasteiger partial charge in [-0.1, -0.05) is 6.07 Å². The van der Waals surface area contributed by atoms with Gasteiger partial charge in [0.25, 0.3) is 0 Å². The maximum absolute atomic E-state index is 12.4. The van der Waals surface area contributed by atoms with Gasteiger partial charge in [-0.2, -0.15) is 0 Å². The normalized spacial score (nSPS) is 17.5. The van der Waals surface area contributed by atoms with Crippen LogP contribution in [0.25, 0.3) is 0 Å². The molecule has 1 unspecified atom stereocenters. The first-order chi connectivity index (χ1) is 11.8. The predicted molar refractivity (Wildman–Crippen MR) is 91.4 cm³/mol. The molecule has 1 aliphatic heterocycles. The Balaban J connectivity index is 1.45. The Hall–Kier alpha value is -2.47. The Kier molecular flexibility index (Phi) is 5.74. The van der Waals surface area contributed by atoms with Crippen molar-refractivity contribution in [1.82, 2.24) is 14.9 Å². The second-order valence-electron chi connectivity index (χ2n) is 5.83. The molecule has 1 atom stereocenters. The number of amides is 1. The van der Waals surface area contributed by atoms with Crippen LogP contribution in [0.2, 0.25) is 0 Å². The fourth-order valence-electron chi connectivity index (χ4n) is 2.74. The largest absolute Gasteiger partial charge is 0.375 e. The van der Waals surface area contributed by atoms with E-state index < -0.39 is 0 Å². The summed E-state index contributed by atoms with van der Waals surface area (Å²) < 4.78 is 5.93. The first-order valence-electron chi connectivity index (χ1n) is 8.24. The highest BCUT2D eigenvalue weighted by Crippen LogP contribution is 2.15. The van der Waals surface area contributed by atoms with Gasteiger partial charge in [-0.05, 0) is 37.1 Å². The number of carbonyl (C=O) groups is 1. The molecule has 3 rings (SSSR count). The van der Waals surface area contributed by atoms with Gasteiger partial charge in [-0.25, -0.2) is 0 Å². The Labute approximate surface area is 141 Å². The molecule has 1 aliphatic rings. The number of ether oxygens (including phenoxy) is 1. The Bertz CT molecular complexity index is 636. The molecule has 0 radical (unpaired) electrons. The average Bonchev–Trinajstić information content (AvgIpc) is 2.66. The van der Waals surface area contributed by atoms with Crippen molar-refractivity contribution >= 4 is 11.6 Å². The molecule has 6 nitrogen and oxygen atoms in total. The first-order valence-corrected chi connectivity index (χ1v) is 8.24. The summed E-state index contributed by atoms with van der Waals surface area (Å²) in [5, 5.41) is 3.11. The third-order valence-electron chi connectivity index (χ3n) is 4.03. The lowest BCUT2D eigenvalue weighted by Crippen LogP contribution is -2.45. The van der Waals surface area contributed by atoms with Gasteiger partial charge in [0.2, 0.25) is 5.91 Å². The fraction of sp³-hybridized carbons (Fsp3) is 0.389. The highest BCUT2D eigenvalue weighted by Gasteiger charge is 2.24. The molecule has 1 saturated heterocycles. The van der Waals surface area contributed by atoms with Crippen LogP contribution in [0.5, 0.6) is 0 Å². The lowest BCUT2D eigenvalue weighted by Gasteiger charge is -2.32. The van der Waals surface area contributed by atoms with Crippen LogP contribution < -0.4 is 5.32 Å². The molecule has 0 bridgehead atoms. The summed E-state index contributed by atoms with van der Waals surface area (Å²) in [5.74, 6) is 0.0880. The van der Waals surface area contributed by atoms with E-state index in [-0.39, 0.29) is 18.6 Å². The van der Waals surface area contributed by atoms with Crippen LogP contribution in [0.15, 0.2) is 48.9 Å². The summed E-state index contributed by atoms with van der Waals surface area (Å²) in [7, 11) is 0. The topological polar surface area (TPSA) is 67.4 Å². The van der Waals surface area contributed by atoms with Crippen LogP contribution in [-0.2, 0) is 16.1 Å². The molecule has 1 fully saturated rings. The molecular weight excluding hydrogens is 304 g/mol. The molecule has 0 aromatic carbocycles. The number of rotatable bonds is 6. The van der Waals surface area contributed by atoms with Gasteiger partial charge < -0.3 is 15.0 Å². The second kappa shape index (κ2) is 8.40. The summed E-state index contributed by atoms with van der Waals surface area (Å²) in [6.07, 6.45) is 7.20. The highest BCUT2D eigenvalue weighted by molar-refractivity contribution is 5.80. The lowest BCUT2D eigenvalue weighted by atomic mass is 10.1. The van der Waals surface area contributed by atoms with Crippen molar-refractivity contribution < 1.29 is 9.53 Å². The number of nitrogens with one attached hydrogen (secondary N) is 1. The van der Waals surface area contributed by atoms with Gasteiger partial charge in [-0.15, -0.1) is 0 Å². The van der Waals surface area contributed by atoms with Crippen molar-refractivity contribution in [3.05, 3.63) is 54.6 Å². The highest BCUT2D eigenvalue weighted by atomic mass is 16.5. The number of piperidine rings is 1. The number of pyridine rings is 2. The van der Waals surface area contributed by atoms with E-state index in [4.69, 9.17) is 4.74 Å². The molecule has 2 aromatic rings. The number of carbonyl (C=O) groups excluding carboxylic acids is 1. The summed E-state index contributed by atoms with van der Waals surface area (Å²) in [5.41, 5.74) is 1.77. The summed E-state index contributed by atoms with van der Waals surface area (Å²) in [6, 6.07) is 9.53. The van der Waals surface area contributed by atoms with Crippen LogP contribution in [-0.4, -0.2) is 46.5 Å². The molecule has 1 amide bonds. The summed E-state index contributed by atoms with van der Waals surface area (Å²) >= 11 is 0. The van der Waals surface area contributed by atoms with Gasteiger partial charge in [0.1, 0.15) is 0 Å². The van der Waals surface area contributed by atoms with E-state index in [0.29, 0.717) is 13.2 Å². The number of hydrogen-bond donors (Lipinski definition) is 1. The minimum Gasteiger partial charge on any atom is -0.375 e. The smallest absolute Gasteiger partial charge is 0.241 e. The van der Waals surface area contributed by atoms with E-state index in [1.807, 2.05) is 35.2 Å². The Morgan fingerprint density at radius 2 is 2.25 bits per heavy atom. The van der Waals surface area contributed by atoms with E-state index in [0.717, 1.165) is 30.8 Å². The maximum atomic E-state index is 12.4. The lowest BCUT2D eigenvalue weighted by molar-refractivity contribution is -0.133. The molecule has 126 valence electrons. The van der Waals surface area contributed by atoms with Crippen molar-refractivity contribution in [2.75, 3.05) is 25.0 Å². The minimum atomic E-state index is 0.0723. The van der Waals surface area contributed by atoms with Crippen LogP contribution in [0.4, 0.5) is 5.69 Å². The van der Waals surface area contributed by atoms with Gasteiger partial charge in [0.05, 0.1) is 30.6 Å². The average molecular weight is 326 g/mol. The first kappa shape index (κ1) is 16.4. The minimum absolute atomic E-state index is 0.0723. The molecule has 0 spiro atoms. The second-order valence-corrected chi connectivity index (χ2v) is 5.83. The fourth-order valence-corrected chi connectivity index (χ4v) is 2.74. The molecule has 6 heteroatoms. The molecule has 2 aromatic heterocycles. The van der Waals surface area contributed by atoms with E-state index in [2.05, 4.69) is 15.3 Å². The zero-order valence-corrected chi connectivity index (χ0v) is 13.6. The third kappa shape index (κ3) is 4.76. The number of nitrogens with zero attached hydrogens (tertiary/aromatic N) is 3. The van der Waals surface area contributed by atoms with E-state index in [1.165, 1.54) is 0 Å². The van der Waals surface area contributed by atoms with Crippen LogP contribution in [0, 0.1) is 0 Å². The summed E-state index contributed by atoms with van der Waals surface area (Å²) in [6.45, 7) is 2.19. The molecule has 1 N–H and O–H groups in total. The van der Waals surface area contributed by atoms with Gasteiger partial charge in [0.15, 0.2) is 0 Å².